The summed E-state index contributed by atoms with van der Waals surface area (Å²) < 4.78 is 18.8. The quantitative estimate of drug-likeness (QED) is 0.852. The van der Waals surface area contributed by atoms with E-state index in [-0.39, 0.29) is 11.4 Å². The molecule has 0 aliphatic heterocycles. The molecule has 0 aliphatic carbocycles. The lowest BCUT2D eigenvalue weighted by molar-refractivity contribution is 0.318. The van der Waals surface area contributed by atoms with Crippen molar-refractivity contribution in [2.75, 3.05) is 6.61 Å². The summed E-state index contributed by atoms with van der Waals surface area (Å²) in [5.74, 6) is -0.144. The number of phenols is 1. The lowest BCUT2D eigenvalue weighted by atomic mass is 10.2. The minimum absolute atomic E-state index is 0.0273. The fourth-order valence-corrected chi connectivity index (χ4v) is 1.81. The molecule has 1 N–H and O–H groups in total. The number of aromatic hydroxyl groups is 1. The first-order valence-corrected chi connectivity index (χ1v) is 6.43. The van der Waals surface area contributed by atoms with E-state index < -0.39 is 5.82 Å². The third-order valence-corrected chi connectivity index (χ3v) is 2.82. The van der Waals surface area contributed by atoms with Crippen LogP contribution in [0.25, 0.3) is 0 Å². The Morgan fingerprint density at radius 2 is 2.15 bits per heavy atom. The minimum Gasteiger partial charge on any atom is -0.504 e. The molecule has 0 bridgehead atoms. The lowest BCUT2D eigenvalue weighted by Gasteiger charge is -2.07. The third kappa shape index (κ3) is 3.27. The second-order valence-corrected chi connectivity index (χ2v) is 4.42. The summed E-state index contributed by atoms with van der Waals surface area (Å²) in [5.41, 5.74) is 0.550. The second kappa shape index (κ2) is 6.39. The Kier molecular flexibility index (Phi) is 4.58. The monoisotopic (exact) mass is 293 g/mol. The molecule has 2 rings (SSSR count). The Morgan fingerprint density at radius 3 is 2.90 bits per heavy atom. The van der Waals surface area contributed by atoms with Crippen LogP contribution in [0.2, 0.25) is 5.02 Å². The van der Waals surface area contributed by atoms with Gasteiger partial charge in [-0.1, -0.05) is 17.7 Å². The molecular formula is C15H13ClFNO2. The average Bonchev–Trinajstić information content (AvgIpc) is 2.43. The molecular weight excluding hydrogens is 281 g/mol. The number of hydrogen-bond donors (Lipinski definition) is 1. The highest BCUT2D eigenvalue weighted by Crippen LogP contribution is 2.29. The van der Waals surface area contributed by atoms with E-state index >= 15 is 0 Å². The summed E-state index contributed by atoms with van der Waals surface area (Å²) in [6.07, 6.45) is 1.37. The van der Waals surface area contributed by atoms with Crippen molar-refractivity contribution < 1.29 is 14.2 Å². The molecule has 0 spiro atoms. The van der Waals surface area contributed by atoms with Crippen molar-refractivity contribution in [2.24, 2.45) is 4.99 Å². The zero-order valence-electron chi connectivity index (χ0n) is 10.8. The van der Waals surface area contributed by atoms with Crippen LogP contribution in [-0.4, -0.2) is 17.9 Å². The van der Waals surface area contributed by atoms with Crippen LogP contribution in [-0.2, 0) is 0 Å². The van der Waals surface area contributed by atoms with Crippen LogP contribution in [0.15, 0.2) is 41.4 Å². The minimum atomic E-state index is -0.480. The first kappa shape index (κ1) is 14.3. The number of nitrogens with zero attached hydrogens (tertiary/aromatic N) is 1. The molecule has 0 unspecified atom stereocenters. The topological polar surface area (TPSA) is 41.8 Å². The SMILES string of the molecule is CCOc1cccc(C=Nc2cc(Cl)ccc2F)c1O. The van der Waals surface area contributed by atoms with E-state index in [9.17, 15) is 9.50 Å². The highest BCUT2D eigenvalue weighted by atomic mass is 35.5. The predicted molar refractivity (Wildman–Crippen MR) is 77.9 cm³/mol. The lowest BCUT2D eigenvalue weighted by Crippen LogP contribution is -1.93. The van der Waals surface area contributed by atoms with Gasteiger partial charge in [-0.2, -0.15) is 0 Å². The van der Waals surface area contributed by atoms with Gasteiger partial charge in [-0.15, -0.1) is 0 Å². The summed E-state index contributed by atoms with van der Waals surface area (Å²) in [6.45, 7) is 2.26. The van der Waals surface area contributed by atoms with Gasteiger partial charge in [0.1, 0.15) is 11.5 Å². The number of rotatable bonds is 4. The molecule has 20 heavy (non-hydrogen) atoms. The molecule has 104 valence electrons. The number of benzene rings is 2. The van der Waals surface area contributed by atoms with E-state index in [0.29, 0.717) is 22.9 Å². The zero-order valence-corrected chi connectivity index (χ0v) is 11.6. The van der Waals surface area contributed by atoms with Gasteiger partial charge in [0.05, 0.1) is 6.61 Å². The van der Waals surface area contributed by atoms with Crippen molar-refractivity contribution in [1.29, 1.82) is 0 Å². The van der Waals surface area contributed by atoms with E-state index in [0.717, 1.165) is 0 Å². The average molecular weight is 294 g/mol. The molecule has 0 saturated carbocycles. The maximum absolute atomic E-state index is 13.5. The van der Waals surface area contributed by atoms with Crippen molar-refractivity contribution >= 4 is 23.5 Å². The fourth-order valence-electron chi connectivity index (χ4n) is 1.64. The number of aliphatic imine (C=N–C) groups is 1. The third-order valence-electron chi connectivity index (χ3n) is 2.58. The van der Waals surface area contributed by atoms with Gasteiger partial charge in [-0.05, 0) is 37.3 Å². The second-order valence-electron chi connectivity index (χ2n) is 3.98. The molecule has 5 heteroatoms. The predicted octanol–water partition coefficient (Wildman–Crippen LogP) is 4.33. The molecule has 0 atom stereocenters. The van der Waals surface area contributed by atoms with Gasteiger partial charge in [0, 0.05) is 16.8 Å². The van der Waals surface area contributed by atoms with Crippen molar-refractivity contribution in [3.63, 3.8) is 0 Å². The maximum atomic E-state index is 13.5. The van der Waals surface area contributed by atoms with Crippen molar-refractivity contribution in [2.45, 2.75) is 6.92 Å². The summed E-state index contributed by atoms with van der Waals surface area (Å²) in [4.78, 5) is 4.00. The number of phenolic OH excluding ortho intramolecular Hbond substituents is 1. The molecule has 0 aromatic heterocycles. The Hall–Kier alpha value is -2.07. The molecule has 0 fully saturated rings. The van der Waals surface area contributed by atoms with Crippen molar-refractivity contribution in [3.8, 4) is 11.5 Å². The van der Waals surface area contributed by atoms with Crippen LogP contribution in [0.4, 0.5) is 10.1 Å². The van der Waals surface area contributed by atoms with Crippen LogP contribution in [0.1, 0.15) is 12.5 Å². The molecule has 0 radical (unpaired) electrons. The largest absolute Gasteiger partial charge is 0.504 e. The summed E-state index contributed by atoms with van der Waals surface area (Å²) in [6, 6.07) is 9.13. The molecule has 0 saturated heterocycles. The number of halogens is 2. The van der Waals surface area contributed by atoms with Gasteiger partial charge in [-0.25, -0.2) is 4.39 Å². The Morgan fingerprint density at radius 1 is 1.35 bits per heavy atom. The maximum Gasteiger partial charge on any atom is 0.166 e. The Labute approximate surface area is 121 Å². The molecule has 0 heterocycles. The fraction of sp³-hybridized carbons (Fsp3) is 0.133. The van der Waals surface area contributed by atoms with Gasteiger partial charge in [0.25, 0.3) is 0 Å². The van der Waals surface area contributed by atoms with Gasteiger partial charge >= 0.3 is 0 Å². The summed E-state index contributed by atoms with van der Waals surface area (Å²) >= 11 is 5.79. The molecule has 0 amide bonds. The van der Waals surface area contributed by atoms with E-state index in [4.69, 9.17) is 16.3 Å². The molecule has 2 aromatic rings. The van der Waals surface area contributed by atoms with E-state index in [1.54, 1.807) is 18.2 Å². The normalized spacial score (nSPS) is 10.9. The zero-order chi connectivity index (χ0) is 14.5. The molecule has 2 aromatic carbocycles. The molecule has 0 aliphatic rings. The van der Waals surface area contributed by atoms with Gasteiger partial charge in [0.2, 0.25) is 0 Å². The van der Waals surface area contributed by atoms with E-state index in [1.165, 1.54) is 24.4 Å². The van der Waals surface area contributed by atoms with Gasteiger partial charge < -0.3 is 9.84 Å². The highest BCUT2D eigenvalue weighted by Gasteiger charge is 2.06. The number of ether oxygens (including phenoxy) is 1. The number of hydrogen-bond acceptors (Lipinski definition) is 3. The first-order chi connectivity index (χ1) is 9.61. The first-order valence-electron chi connectivity index (χ1n) is 6.05. The highest BCUT2D eigenvalue weighted by molar-refractivity contribution is 6.30. The summed E-state index contributed by atoms with van der Waals surface area (Å²) in [5, 5.41) is 10.4. The van der Waals surface area contributed by atoms with Crippen LogP contribution >= 0.6 is 11.6 Å². The smallest absolute Gasteiger partial charge is 0.166 e. The van der Waals surface area contributed by atoms with Gasteiger partial charge in [0.15, 0.2) is 11.5 Å². The standard InChI is InChI=1S/C15H13ClFNO2/c1-2-20-14-5-3-4-10(15(14)19)9-18-13-8-11(16)6-7-12(13)17/h3-9,19H,2H2,1H3. The van der Waals surface area contributed by atoms with Crippen LogP contribution in [0.5, 0.6) is 11.5 Å². The molecule has 3 nitrogen and oxygen atoms in total. The van der Waals surface area contributed by atoms with Crippen molar-refractivity contribution in [3.05, 3.63) is 52.8 Å². The van der Waals surface area contributed by atoms with E-state index in [2.05, 4.69) is 4.99 Å². The van der Waals surface area contributed by atoms with Crippen LogP contribution in [0, 0.1) is 5.82 Å². The van der Waals surface area contributed by atoms with Crippen LogP contribution < -0.4 is 4.74 Å². The van der Waals surface area contributed by atoms with E-state index in [1.807, 2.05) is 6.92 Å². The van der Waals surface area contributed by atoms with Crippen LogP contribution in [0.3, 0.4) is 0 Å². The number of para-hydroxylation sites is 1. The van der Waals surface area contributed by atoms with Crippen molar-refractivity contribution in [1.82, 2.24) is 0 Å². The Bertz CT molecular complexity index is 644. The summed E-state index contributed by atoms with van der Waals surface area (Å²) in [7, 11) is 0. The Balaban J connectivity index is 2.32. The van der Waals surface area contributed by atoms with Gasteiger partial charge in [-0.3, -0.25) is 4.99 Å².